The van der Waals surface area contributed by atoms with Gasteiger partial charge in [0.2, 0.25) is 6.33 Å². The number of hydrogen-bond donors (Lipinski definition) is 1. The minimum atomic E-state index is -0.109. The molecule has 5 nitrogen and oxygen atoms in total. The van der Waals surface area contributed by atoms with Gasteiger partial charge in [-0.1, -0.05) is 12.1 Å². The molecule has 0 aliphatic heterocycles. The van der Waals surface area contributed by atoms with E-state index in [0.29, 0.717) is 11.3 Å². The van der Waals surface area contributed by atoms with Gasteiger partial charge >= 0.3 is 0 Å². The van der Waals surface area contributed by atoms with Gasteiger partial charge < -0.3 is 29.3 Å². The van der Waals surface area contributed by atoms with Crippen LogP contribution < -0.4 is 33.9 Å². The van der Waals surface area contributed by atoms with Crippen molar-refractivity contribution in [1.29, 1.82) is 0 Å². The van der Waals surface area contributed by atoms with E-state index >= 15 is 0 Å². The van der Waals surface area contributed by atoms with Crippen molar-refractivity contribution in [3.8, 4) is 0 Å². The summed E-state index contributed by atoms with van der Waals surface area (Å²) in [6.07, 6.45) is 1.91. The molecule has 0 fully saturated rings. The van der Waals surface area contributed by atoms with E-state index in [1.165, 1.54) is 6.92 Å². The lowest BCUT2D eigenvalue weighted by atomic mass is 10.1. The van der Waals surface area contributed by atoms with Crippen molar-refractivity contribution in [2.45, 2.75) is 13.5 Å². The van der Waals surface area contributed by atoms with Crippen molar-refractivity contribution in [2.75, 3.05) is 5.32 Å². The highest BCUT2D eigenvalue weighted by Gasteiger charge is 2.15. The third kappa shape index (κ3) is 3.81. The number of para-hydroxylation sites is 2. The van der Waals surface area contributed by atoms with Crippen LogP contribution in [0, 0.1) is 0 Å². The van der Waals surface area contributed by atoms with Crippen LogP contribution in [0.15, 0.2) is 54.9 Å². The summed E-state index contributed by atoms with van der Waals surface area (Å²) < 4.78 is 3.90. The van der Waals surface area contributed by atoms with Crippen LogP contribution in [-0.2, 0) is 18.4 Å². The van der Waals surface area contributed by atoms with Gasteiger partial charge in [0.1, 0.15) is 0 Å². The number of aryl methyl sites for hydroxylation is 1. The molecule has 0 spiro atoms. The zero-order valence-electron chi connectivity index (χ0n) is 13.5. The Morgan fingerprint density at radius 2 is 1.75 bits per heavy atom. The van der Waals surface area contributed by atoms with Crippen LogP contribution >= 0.6 is 0 Å². The van der Waals surface area contributed by atoms with Gasteiger partial charge in [0.15, 0.2) is 23.4 Å². The van der Waals surface area contributed by atoms with Gasteiger partial charge in [0.25, 0.3) is 5.91 Å². The molecule has 0 bridgehead atoms. The molecule has 0 saturated heterocycles. The summed E-state index contributed by atoms with van der Waals surface area (Å²) in [4.78, 5) is 23.5. The van der Waals surface area contributed by atoms with Gasteiger partial charge in [-0.15, -0.1) is 0 Å². The Balaban J connectivity index is 0.00000208. The number of benzene rings is 2. The van der Waals surface area contributed by atoms with Crippen molar-refractivity contribution < 1.29 is 38.1 Å². The largest absolute Gasteiger partial charge is 1.00 e. The molecule has 24 heavy (non-hydrogen) atoms. The summed E-state index contributed by atoms with van der Waals surface area (Å²) in [5.74, 6) is -0.101. The van der Waals surface area contributed by atoms with Crippen LogP contribution in [-0.4, -0.2) is 16.3 Å². The topological polar surface area (TPSA) is 55.0 Å². The van der Waals surface area contributed by atoms with E-state index in [1.807, 2.05) is 46.8 Å². The summed E-state index contributed by atoms with van der Waals surface area (Å²) in [6, 6.07) is 14.8. The molecular weight excluding hydrogens is 417 g/mol. The van der Waals surface area contributed by atoms with Crippen LogP contribution in [0.3, 0.4) is 0 Å². The second-order valence-electron chi connectivity index (χ2n) is 5.52. The van der Waals surface area contributed by atoms with Crippen molar-refractivity contribution >= 4 is 28.4 Å². The molecular formula is C18H18IN3O2. The van der Waals surface area contributed by atoms with Gasteiger partial charge in [0.05, 0.1) is 7.05 Å². The molecule has 2 aromatic carbocycles. The standard InChI is InChI=1S/C18H17N3O2.HI/c1-13(22)14-7-9-15(10-8-14)19-18(23)11-21-12-20(2)16-5-3-4-6-17(16)21;/h3-10,12H,11H2,1-2H3;1H. The predicted octanol–water partition coefficient (Wildman–Crippen LogP) is -0.689. The number of nitrogens with one attached hydrogen (secondary N) is 1. The number of aromatic nitrogens is 2. The van der Waals surface area contributed by atoms with Crippen molar-refractivity contribution in [3.63, 3.8) is 0 Å². The van der Waals surface area contributed by atoms with Crippen LogP contribution in [0.25, 0.3) is 11.0 Å². The summed E-state index contributed by atoms with van der Waals surface area (Å²) in [6.45, 7) is 1.75. The fourth-order valence-electron chi connectivity index (χ4n) is 2.61. The number of rotatable bonds is 4. The lowest BCUT2D eigenvalue weighted by Gasteiger charge is -2.04. The summed E-state index contributed by atoms with van der Waals surface area (Å²) in [7, 11) is 1.96. The zero-order chi connectivity index (χ0) is 16.4. The maximum atomic E-state index is 12.2. The quantitative estimate of drug-likeness (QED) is 0.335. The van der Waals surface area contributed by atoms with Gasteiger partial charge in [-0.25, -0.2) is 9.13 Å². The Morgan fingerprint density at radius 3 is 2.42 bits per heavy atom. The fraction of sp³-hybridized carbons (Fsp3) is 0.167. The van der Waals surface area contributed by atoms with Gasteiger partial charge in [-0.3, -0.25) is 9.59 Å². The smallest absolute Gasteiger partial charge is 0.266 e. The van der Waals surface area contributed by atoms with E-state index in [9.17, 15) is 9.59 Å². The minimum absolute atomic E-state index is 0. The monoisotopic (exact) mass is 435 g/mol. The molecule has 1 amide bonds. The zero-order valence-corrected chi connectivity index (χ0v) is 15.6. The van der Waals surface area contributed by atoms with Crippen LogP contribution in [0.1, 0.15) is 17.3 Å². The Labute approximate surface area is 157 Å². The SMILES string of the molecule is CC(=O)c1ccc(NC(=O)Cn2c[n+](C)c3ccccc32)cc1.[I-]. The van der Waals surface area contributed by atoms with E-state index in [4.69, 9.17) is 0 Å². The average Bonchev–Trinajstić information content (AvgIpc) is 2.84. The number of nitrogens with zero attached hydrogens (tertiary/aromatic N) is 2. The number of carbonyl (C=O) groups is 2. The number of fused-ring (bicyclic) bond motifs is 1. The normalized spacial score (nSPS) is 10.2. The summed E-state index contributed by atoms with van der Waals surface area (Å²) in [5.41, 5.74) is 3.40. The molecule has 124 valence electrons. The number of halogens is 1. The summed E-state index contributed by atoms with van der Waals surface area (Å²) in [5, 5.41) is 2.85. The highest BCUT2D eigenvalue weighted by atomic mass is 127. The second-order valence-corrected chi connectivity index (χ2v) is 5.52. The molecule has 0 aliphatic carbocycles. The first-order chi connectivity index (χ1) is 11.0. The Bertz CT molecular complexity index is 885. The number of hydrogen-bond acceptors (Lipinski definition) is 2. The molecule has 1 aromatic heterocycles. The van der Waals surface area contributed by atoms with E-state index in [2.05, 4.69) is 5.32 Å². The third-order valence-corrected chi connectivity index (χ3v) is 3.77. The number of ketones is 1. The Hall–Kier alpha value is -2.22. The molecule has 0 saturated carbocycles. The average molecular weight is 435 g/mol. The maximum Gasteiger partial charge on any atom is 0.266 e. The first kappa shape index (κ1) is 18.1. The number of imidazole rings is 1. The predicted molar refractivity (Wildman–Crippen MR) is 88.2 cm³/mol. The fourth-order valence-corrected chi connectivity index (χ4v) is 2.61. The number of Topliss-reactive ketones (excluding diaryl/α,β-unsaturated/α-hetero) is 1. The lowest BCUT2D eigenvalue weighted by molar-refractivity contribution is -0.645. The van der Waals surface area contributed by atoms with E-state index < -0.39 is 0 Å². The lowest BCUT2D eigenvalue weighted by Crippen LogP contribution is -3.00. The van der Waals surface area contributed by atoms with Gasteiger partial charge in [-0.2, -0.15) is 0 Å². The van der Waals surface area contributed by atoms with Crippen LogP contribution in [0.2, 0.25) is 0 Å². The highest BCUT2D eigenvalue weighted by Crippen LogP contribution is 2.12. The molecule has 1 N–H and O–H groups in total. The van der Waals surface area contributed by atoms with E-state index in [1.54, 1.807) is 24.3 Å². The van der Waals surface area contributed by atoms with Gasteiger partial charge in [-0.05, 0) is 43.3 Å². The molecule has 1 heterocycles. The minimum Gasteiger partial charge on any atom is -1.00 e. The van der Waals surface area contributed by atoms with Crippen LogP contribution in [0.4, 0.5) is 5.69 Å². The van der Waals surface area contributed by atoms with Gasteiger partial charge in [0, 0.05) is 11.3 Å². The number of anilines is 1. The van der Waals surface area contributed by atoms with E-state index in [-0.39, 0.29) is 42.2 Å². The Kier molecular flexibility index (Phi) is 5.71. The molecule has 6 heteroatoms. The van der Waals surface area contributed by atoms with E-state index in [0.717, 1.165) is 11.0 Å². The van der Waals surface area contributed by atoms with Crippen molar-refractivity contribution in [3.05, 3.63) is 60.4 Å². The molecule has 3 aromatic rings. The van der Waals surface area contributed by atoms with Crippen molar-refractivity contribution in [1.82, 2.24) is 4.57 Å². The third-order valence-electron chi connectivity index (χ3n) is 3.77. The molecule has 0 aliphatic rings. The molecule has 0 radical (unpaired) electrons. The number of carbonyl (C=O) groups excluding carboxylic acids is 2. The Morgan fingerprint density at radius 1 is 1.08 bits per heavy atom. The molecule has 0 atom stereocenters. The first-order valence-corrected chi connectivity index (χ1v) is 7.39. The molecule has 0 unspecified atom stereocenters. The second kappa shape index (κ2) is 7.57. The van der Waals surface area contributed by atoms with Crippen LogP contribution in [0.5, 0.6) is 0 Å². The van der Waals surface area contributed by atoms with Crippen molar-refractivity contribution in [2.24, 2.45) is 7.05 Å². The first-order valence-electron chi connectivity index (χ1n) is 7.39. The highest BCUT2D eigenvalue weighted by molar-refractivity contribution is 5.95. The summed E-state index contributed by atoms with van der Waals surface area (Å²) >= 11 is 0. The molecule has 3 rings (SSSR count). The maximum absolute atomic E-state index is 12.2. The number of amides is 1.